The van der Waals surface area contributed by atoms with Gasteiger partial charge in [0.15, 0.2) is 0 Å². The average molecular weight is 361 g/mol. The van der Waals surface area contributed by atoms with Crippen LogP contribution < -0.4 is 5.32 Å². The highest BCUT2D eigenvalue weighted by atomic mass is 35.5. The van der Waals surface area contributed by atoms with E-state index in [2.05, 4.69) is 47.1 Å². The number of hydrogen-bond acceptors (Lipinski definition) is 1. The first-order valence-corrected chi connectivity index (χ1v) is 9.18. The Kier molecular flexibility index (Phi) is 3.34. The summed E-state index contributed by atoms with van der Waals surface area (Å²) in [6, 6.07) is 18.3. The van der Waals surface area contributed by atoms with E-state index < -0.39 is 0 Å². The quantitative estimate of drug-likeness (QED) is 0.511. The van der Waals surface area contributed by atoms with Crippen LogP contribution in [0.25, 0.3) is 32.9 Å². The molecule has 1 amide bonds. The average Bonchev–Trinajstić information content (AvgIpc) is 3.19. The zero-order valence-electron chi connectivity index (χ0n) is 14.3. The Morgan fingerprint density at radius 2 is 1.81 bits per heavy atom. The second kappa shape index (κ2) is 5.61. The van der Waals surface area contributed by atoms with Gasteiger partial charge in [0.1, 0.15) is 0 Å². The van der Waals surface area contributed by atoms with Gasteiger partial charge in [-0.25, -0.2) is 0 Å². The highest BCUT2D eigenvalue weighted by molar-refractivity contribution is 6.34. The van der Waals surface area contributed by atoms with Crippen LogP contribution in [0.3, 0.4) is 0 Å². The lowest BCUT2D eigenvalue weighted by molar-refractivity contribution is 0.0966. The molecule has 3 aromatic carbocycles. The van der Waals surface area contributed by atoms with Gasteiger partial charge in [0.2, 0.25) is 0 Å². The number of rotatable bonds is 2. The fourth-order valence-corrected chi connectivity index (χ4v) is 4.45. The Bertz CT molecular complexity index is 1210. The number of aromatic nitrogens is 1. The molecule has 5 rings (SSSR count). The predicted molar refractivity (Wildman–Crippen MR) is 107 cm³/mol. The largest absolute Gasteiger partial charge is 0.348 e. The maximum Gasteiger partial charge on any atom is 0.252 e. The summed E-state index contributed by atoms with van der Waals surface area (Å²) in [5.74, 6) is -0.0230. The van der Waals surface area contributed by atoms with Crippen LogP contribution in [0.15, 0.2) is 54.6 Å². The standard InChI is InChI=1S/C22H17ClN2O/c1-2-25-18-10-6-4-8-14(18)20-16-12-24-22(26)21(16)15(11-19(20)25)13-7-3-5-9-17(13)23/h3-11H,2,12H2,1H3,(H,24,26). The van der Waals surface area contributed by atoms with Crippen LogP contribution in [0, 0.1) is 0 Å². The number of hydrogen-bond donors (Lipinski definition) is 1. The van der Waals surface area contributed by atoms with Gasteiger partial charge >= 0.3 is 0 Å². The van der Waals surface area contributed by atoms with Crippen molar-refractivity contribution in [3.05, 3.63) is 70.7 Å². The van der Waals surface area contributed by atoms with Crippen LogP contribution in [0.5, 0.6) is 0 Å². The summed E-state index contributed by atoms with van der Waals surface area (Å²) in [7, 11) is 0. The predicted octanol–water partition coefficient (Wildman–Crippen LogP) is 5.38. The van der Waals surface area contributed by atoms with Crippen LogP contribution in [-0.4, -0.2) is 10.5 Å². The molecule has 0 radical (unpaired) electrons. The third-order valence-electron chi connectivity index (χ3n) is 5.30. The van der Waals surface area contributed by atoms with Gasteiger partial charge in [-0.1, -0.05) is 48.0 Å². The van der Waals surface area contributed by atoms with Crippen LogP contribution in [0.1, 0.15) is 22.8 Å². The first kappa shape index (κ1) is 15.5. The van der Waals surface area contributed by atoms with Gasteiger partial charge in [-0.3, -0.25) is 4.79 Å². The molecule has 0 unspecified atom stereocenters. The summed E-state index contributed by atoms with van der Waals surface area (Å²) in [6.07, 6.45) is 0. The third kappa shape index (κ3) is 1.98. The second-order valence-corrected chi connectivity index (χ2v) is 7.00. The molecule has 0 atom stereocenters. The topological polar surface area (TPSA) is 34.0 Å². The lowest BCUT2D eigenvalue weighted by Crippen LogP contribution is -2.13. The molecule has 1 N–H and O–H groups in total. The maximum atomic E-state index is 12.7. The molecule has 128 valence electrons. The number of fused-ring (bicyclic) bond motifs is 5. The number of benzene rings is 3. The smallest absolute Gasteiger partial charge is 0.252 e. The zero-order chi connectivity index (χ0) is 17.8. The Hall–Kier alpha value is -2.78. The molecular formula is C22H17ClN2O. The molecule has 0 saturated carbocycles. The van der Waals surface area contributed by atoms with Crippen molar-refractivity contribution in [2.75, 3.05) is 0 Å². The monoisotopic (exact) mass is 360 g/mol. The van der Waals surface area contributed by atoms with Crippen molar-refractivity contribution >= 4 is 39.3 Å². The molecule has 2 heterocycles. The molecule has 0 fully saturated rings. The van der Waals surface area contributed by atoms with Crippen molar-refractivity contribution in [1.29, 1.82) is 0 Å². The van der Waals surface area contributed by atoms with Crippen molar-refractivity contribution in [3.63, 3.8) is 0 Å². The lowest BCUT2D eigenvalue weighted by Gasteiger charge is -2.12. The van der Waals surface area contributed by atoms with E-state index >= 15 is 0 Å². The minimum atomic E-state index is -0.0230. The van der Waals surface area contributed by atoms with Crippen molar-refractivity contribution in [2.24, 2.45) is 0 Å². The summed E-state index contributed by atoms with van der Waals surface area (Å²) in [5, 5.41) is 6.04. The van der Waals surface area contributed by atoms with Crippen LogP contribution in [-0.2, 0) is 13.1 Å². The maximum absolute atomic E-state index is 12.7. The van der Waals surface area contributed by atoms with E-state index in [4.69, 9.17) is 11.6 Å². The number of nitrogens with zero attached hydrogens (tertiary/aromatic N) is 1. The first-order valence-electron chi connectivity index (χ1n) is 8.80. The zero-order valence-corrected chi connectivity index (χ0v) is 15.1. The number of para-hydroxylation sites is 1. The van der Waals surface area contributed by atoms with E-state index in [1.807, 2.05) is 24.3 Å². The van der Waals surface area contributed by atoms with Gasteiger partial charge < -0.3 is 9.88 Å². The van der Waals surface area contributed by atoms with Crippen LogP contribution in [0.4, 0.5) is 0 Å². The van der Waals surface area contributed by atoms with Crippen molar-refractivity contribution in [1.82, 2.24) is 9.88 Å². The van der Waals surface area contributed by atoms with Crippen molar-refractivity contribution < 1.29 is 4.79 Å². The van der Waals surface area contributed by atoms with Gasteiger partial charge in [0.05, 0.1) is 11.1 Å². The van der Waals surface area contributed by atoms with E-state index in [0.29, 0.717) is 11.6 Å². The molecule has 0 aliphatic carbocycles. The number of carbonyl (C=O) groups is 1. The number of amides is 1. The first-order chi connectivity index (χ1) is 12.7. The normalized spacial score (nSPS) is 13.4. The highest BCUT2D eigenvalue weighted by Crippen LogP contribution is 2.41. The van der Waals surface area contributed by atoms with Gasteiger partial charge in [0, 0.05) is 40.0 Å². The Labute approximate surface area is 156 Å². The summed E-state index contributed by atoms with van der Waals surface area (Å²) >= 11 is 6.47. The van der Waals surface area contributed by atoms with Gasteiger partial charge in [-0.15, -0.1) is 0 Å². The fourth-order valence-electron chi connectivity index (χ4n) is 4.21. The minimum absolute atomic E-state index is 0.0230. The molecular weight excluding hydrogens is 344 g/mol. The summed E-state index contributed by atoms with van der Waals surface area (Å²) < 4.78 is 2.31. The summed E-state index contributed by atoms with van der Waals surface area (Å²) in [6.45, 7) is 3.57. The summed E-state index contributed by atoms with van der Waals surface area (Å²) in [4.78, 5) is 12.7. The van der Waals surface area contributed by atoms with Gasteiger partial charge in [-0.2, -0.15) is 0 Å². The minimum Gasteiger partial charge on any atom is -0.348 e. The number of halogens is 1. The van der Waals surface area contributed by atoms with E-state index in [-0.39, 0.29) is 5.91 Å². The van der Waals surface area contributed by atoms with Crippen LogP contribution in [0.2, 0.25) is 5.02 Å². The molecule has 1 aliphatic rings. The number of carbonyl (C=O) groups excluding carboxylic acids is 1. The number of aryl methyl sites for hydroxylation is 1. The van der Waals surface area contributed by atoms with Gasteiger partial charge in [0.25, 0.3) is 5.91 Å². The van der Waals surface area contributed by atoms with Gasteiger partial charge in [-0.05, 0) is 36.2 Å². The Morgan fingerprint density at radius 3 is 2.62 bits per heavy atom. The van der Waals surface area contributed by atoms with E-state index in [9.17, 15) is 4.79 Å². The lowest BCUT2D eigenvalue weighted by atomic mass is 9.93. The molecule has 4 aromatic rings. The van der Waals surface area contributed by atoms with E-state index in [1.165, 1.54) is 16.3 Å². The van der Waals surface area contributed by atoms with Crippen molar-refractivity contribution in [2.45, 2.75) is 20.0 Å². The van der Waals surface area contributed by atoms with E-state index in [0.717, 1.165) is 34.3 Å². The molecule has 26 heavy (non-hydrogen) atoms. The fraction of sp³-hybridized carbons (Fsp3) is 0.136. The Morgan fingerprint density at radius 1 is 1.04 bits per heavy atom. The molecule has 3 nitrogen and oxygen atoms in total. The highest BCUT2D eigenvalue weighted by Gasteiger charge is 2.29. The molecule has 0 bridgehead atoms. The van der Waals surface area contributed by atoms with Crippen LogP contribution >= 0.6 is 11.6 Å². The van der Waals surface area contributed by atoms with E-state index in [1.54, 1.807) is 0 Å². The Balaban J connectivity index is 2.00. The molecule has 1 aromatic heterocycles. The molecule has 0 saturated heterocycles. The molecule has 4 heteroatoms. The molecule has 1 aliphatic heterocycles. The molecule has 0 spiro atoms. The number of nitrogens with one attached hydrogen (secondary N) is 1. The van der Waals surface area contributed by atoms with Crippen molar-refractivity contribution in [3.8, 4) is 11.1 Å². The third-order valence-corrected chi connectivity index (χ3v) is 5.63. The SMILES string of the molecule is CCn1c2ccccc2c2c3c(c(-c4ccccc4Cl)cc21)C(=O)NC3. The second-order valence-electron chi connectivity index (χ2n) is 6.60. The summed E-state index contributed by atoms with van der Waals surface area (Å²) in [5.41, 5.74) is 5.99.